The molecule has 0 aliphatic carbocycles. The van der Waals surface area contributed by atoms with Crippen molar-refractivity contribution in [2.75, 3.05) is 12.9 Å². The van der Waals surface area contributed by atoms with E-state index in [1.165, 1.54) is 11.8 Å². The summed E-state index contributed by atoms with van der Waals surface area (Å²) < 4.78 is 17.4. The number of hydrogen-bond acceptors (Lipinski definition) is 6. The van der Waals surface area contributed by atoms with Crippen LogP contribution in [0.1, 0.15) is 11.9 Å². The first-order valence-electron chi connectivity index (χ1n) is 6.97. The first-order chi connectivity index (χ1) is 10.7. The maximum Gasteiger partial charge on any atom is 0.184 e. The number of fused-ring (bicyclic) bond motifs is 1. The van der Waals surface area contributed by atoms with Crippen molar-refractivity contribution in [1.29, 1.82) is 0 Å². The maximum absolute atomic E-state index is 10.5. The fraction of sp³-hybridized carbons (Fsp3) is 0.571. The molecule has 8 heteroatoms. The molecule has 1 aromatic carbocycles. The highest BCUT2D eigenvalue weighted by atomic mass is 32.2. The molecule has 118 valence electrons. The molecule has 0 aromatic heterocycles. The molecule has 0 spiro atoms. The average molecular weight is 323 g/mol. The summed E-state index contributed by atoms with van der Waals surface area (Å²) >= 11 is 1.39. The first-order valence-corrected chi connectivity index (χ1v) is 8.26. The van der Waals surface area contributed by atoms with Crippen LogP contribution in [0.4, 0.5) is 0 Å². The summed E-state index contributed by atoms with van der Waals surface area (Å²) in [5.41, 5.74) is 9.16. The second-order valence-corrected chi connectivity index (χ2v) is 6.08. The molecule has 3 rings (SSSR count). The van der Waals surface area contributed by atoms with Crippen LogP contribution in [-0.2, 0) is 14.2 Å². The zero-order chi connectivity index (χ0) is 15.5. The summed E-state index contributed by atoms with van der Waals surface area (Å²) in [6.07, 6.45) is -0.606. The van der Waals surface area contributed by atoms with E-state index in [4.69, 9.17) is 19.7 Å². The molecule has 1 N–H and O–H groups in total. The second-order valence-electron chi connectivity index (χ2n) is 5.14. The van der Waals surface area contributed by atoms with Crippen molar-refractivity contribution in [3.63, 3.8) is 0 Å². The molecule has 2 aliphatic heterocycles. The van der Waals surface area contributed by atoms with Crippen LogP contribution in [0.2, 0.25) is 0 Å². The molecule has 1 aromatic rings. The summed E-state index contributed by atoms with van der Waals surface area (Å²) in [5.74, 6) is 0. The lowest BCUT2D eigenvalue weighted by Gasteiger charge is -2.46. The van der Waals surface area contributed by atoms with Gasteiger partial charge in [0.25, 0.3) is 0 Å². The highest BCUT2D eigenvalue weighted by Crippen LogP contribution is 2.37. The van der Waals surface area contributed by atoms with Gasteiger partial charge in [0.2, 0.25) is 0 Å². The summed E-state index contributed by atoms with van der Waals surface area (Å²) in [6.45, 7) is 0.321. The van der Waals surface area contributed by atoms with E-state index in [9.17, 15) is 5.11 Å². The standard InChI is InChI=1S/C14H17N3O4S/c1-22-14-10(16-17-15)11(18)12-9(20-14)7-19-13(21-12)8-5-3-2-4-6-8/h2-6,9-14,18H,7H2,1H3/t9?,10?,11?,12-,13?,14+/m1/s1. The lowest BCUT2D eigenvalue weighted by Crippen LogP contribution is -2.60. The summed E-state index contributed by atoms with van der Waals surface area (Å²) in [6, 6.07) is 8.82. The number of aliphatic hydroxyl groups excluding tert-OH is 1. The maximum atomic E-state index is 10.5. The third-order valence-corrected chi connectivity index (χ3v) is 4.68. The third-order valence-electron chi connectivity index (χ3n) is 3.82. The van der Waals surface area contributed by atoms with Gasteiger partial charge in [0, 0.05) is 10.5 Å². The smallest absolute Gasteiger partial charge is 0.184 e. The van der Waals surface area contributed by atoms with Crippen molar-refractivity contribution in [2.24, 2.45) is 5.11 Å². The normalized spacial score (nSPS) is 37.9. The van der Waals surface area contributed by atoms with Crippen molar-refractivity contribution >= 4 is 11.8 Å². The number of thioether (sulfide) groups is 1. The predicted octanol–water partition coefficient (Wildman–Crippen LogP) is 2.23. The van der Waals surface area contributed by atoms with Crippen molar-refractivity contribution in [3.8, 4) is 0 Å². The highest BCUT2D eigenvalue weighted by molar-refractivity contribution is 7.99. The fourth-order valence-electron chi connectivity index (χ4n) is 2.73. The van der Waals surface area contributed by atoms with Crippen molar-refractivity contribution < 1.29 is 19.3 Å². The van der Waals surface area contributed by atoms with Crippen LogP contribution in [0, 0.1) is 0 Å². The van der Waals surface area contributed by atoms with Crippen LogP contribution in [0.15, 0.2) is 35.4 Å². The quantitative estimate of drug-likeness (QED) is 0.522. The SMILES string of the molecule is CS[C@@H]1OC2COC(c3ccccc3)O[C@H]2C(O)C1N=[N+]=[N-]. The fourth-order valence-corrected chi connectivity index (χ4v) is 3.48. The van der Waals surface area contributed by atoms with E-state index in [0.717, 1.165) is 5.56 Å². The Morgan fingerprint density at radius 3 is 2.77 bits per heavy atom. The van der Waals surface area contributed by atoms with Crippen molar-refractivity contribution in [2.45, 2.75) is 36.1 Å². The van der Waals surface area contributed by atoms with Crippen LogP contribution in [-0.4, -0.2) is 47.8 Å². The van der Waals surface area contributed by atoms with Crippen molar-refractivity contribution in [3.05, 3.63) is 46.3 Å². The van der Waals surface area contributed by atoms with E-state index in [2.05, 4.69) is 10.0 Å². The lowest BCUT2D eigenvalue weighted by molar-refractivity contribution is -0.305. The molecule has 6 atom stereocenters. The molecule has 0 radical (unpaired) electrons. The first kappa shape index (κ1) is 15.6. The van der Waals surface area contributed by atoms with Gasteiger partial charge in [-0.15, -0.1) is 11.8 Å². The van der Waals surface area contributed by atoms with Crippen LogP contribution in [0.3, 0.4) is 0 Å². The number of benzene rings is 1. The monoisotopic (exact) mass is 323 g/mol. The Morgan fingerprint density at radius 1 is 1.32 bits per heavy atom. The van der Waals surface area contributed by atoms with E-state index in [1.54, 1.807) is 0 Å². The van der Waals surface area contributed by atoms with Crippen LogP contribution >= 0.6 is 11.8 Å². The minimum Gasteiger partial charge on any atom is -0.390 e. The van der Waals surface area contributed by atoms with Gasteiger partial charge in [-0.3, -0.25) is 0 Å². The van der Waals surface area contributed by atoms with Gasteiger partial charge in [-0.1, -0.05) is 35.4 Å². The van der Waals surface area contributed by atoms with Gasteiger partial charge in [0.15, 0.2) is 6.29 Å². The highest BCUT2D eigenvalue weighted by Gasteiger charge is 2.48. The lowest BCUT2D eigenvalue weighted by atomic mass is 9.97. The van der Waals surface area contributed by atoms with E-state index in [0.29, 0.717) is 6.61 Å². The minimum absolute atomic E-state index is 0.321. The Hall–Kier alpha value is -1.28. The number of rotatable bonds is 3. The second kappa shape index (κ2) is 6.87. The average Bonchev–Trinajstić information content (AvgIpc) is 2.58. The van der Waals surface area contributed by atoms with Crippen LogP contribution in [0.5, 0.6) is 0 Å². The van der Waals surface area contributed by atoms with Crippen LogP contribution in [0.25, 0.3) is 10.4 Å². The van der Waals surface area contributed by atoms with Gasteiger partial charge in [0.05, 0.1) is 12.7 Å². The summed E-state index contributed by atoms with van der Waals surface area (Å²) in [4.78, 5) is 2.81. The summed E-state index contributed by atoms with van der Waals surface area (Å²) in [5, 5.41) is 14.2. The van der Waals surface area contributed by atoms with E-state index < -0.39 is 30.0 Å². The number of nitrogens with zero attached hydrogens (tertiary/aromatic N) is 3. The molecule has 2 heterocycles. The molecule has 0 bridgehead atoms. The number of aliphatic hydroxyl groups is 1. The largest absolute Gasteiger partial charge is 0.390 e. The molecule has 0 saturated carbocycles. The topological polar surface area (TPSA) is 96.7 Å². The van der Waals surface area contributed by atoms with Gasteiger partial charge in [-0.2, -0.15) is 0 Å². The zero-order valence-electron chi connectivity index (χ0n) is 12.0. The minimum atomic E-state index is -0.929. The van der Waals surface area contributed by atoms with Gasteiger partial charge < -0.3 is 19.3 Å². The molecule has 0 amide bonds. The molecule has 4 unspecified atom stereocenters. The molecular formula is C14H17N3O4S. The predicted molar refractivity (Wildman–Crippen MR) is 81.1 cm³/mol. The molecule has 22 heavy (non-hydrogen) atoms. The number of ether oxygens (including phenoxy) is 3. The van der Waals surface area contributed by atoms with E-state index in [1.807, 2.05) is 36.6 Å². The number of azide groups is 1. The Balaban J connectivity index is 1.79. The molecule has 2 fully saturated rings. The van der Waals surface area contributed by atoms with E-state index >= 15 is 0 Å². The molecule has 7 nitrogen and oxygen atoms in total. The van der Waals surface area contributed by atoms with Gasteiger partial charge in [-0.25, -0.2) is 0 Å². The zero-order valence-corrected chi connectivity index (χ0v) is 12.8. The van der Waals surface area contributed by atoms with Gasteiger partial charge in [-0.05, 0) is 11.8 Å². The van der Waals surface area contributed by atoms with Crippen molar-refractivity contribution in [1.82, 2.24) is 0 Å². The third kappa shape index (κ3) is 2.94. The Bertz CT molecular complexity index is 554. The Labute approximate surface area is 132 Å². The van der Waals surface area contributed by atoms with Gasteiger partial charge in [0.1, 0.15) is 23.7 Å². The molecule has 2 aliphatic rings. The Kier molecular flexibility index (Phi) is 4.87. The molecular weight excluding hydrogens is 306 g/mol. The Morgan fingerprint density at radius 2 is 2.09 bits per heavy atom. The molecule has 2 saturated heterocycles. The van der Waals surface area contributed by atoms with Gasteiger partial charge >= 0.3 is 0 Å². The van der Waals surface area contributed by atoms with Crippen LogP contribution < -0.4 is 0 Å². The summed E-state index contributed by atoms with van der Waals surface area (Å²) in [7, 11) is 0. The number of hydrogen-bond donors (Lipinski definition) is 1. The van der Waals surface area contributed by atoms with E-state index in [-0.39, 0.29) is 6.10 Å².